The van der Waals surface area contributed by atoms with Crippen molar-refractivity contribution in [1.82, 2.24) is 0 Å². The van der Waals surface area contributed by atoms with E-state index in [2.05, 4.69) is 0 Å². The van der Waals surface area contributed by atoms with E-state index in [1.807, 2.05) is 19.9 Å². The summed E-state index contributed by atoms with van der Waals surface area (Å²) in [6.07, 6.45) is -1.20. The standard InChI is InChI=1S/C17H18F2O2/c1-4-21-16-6-5-10(2)7-13(16)17(20)12-8-11(3)14(18)9-15(12)19/h5-9,17,20H,4H2,1-3H3. The Hall–Kier alpha value is -1.94. The molecule has 21 heavy (non-hydrogen) atoms. The second kappa shape index (κ2) is 6.22. The van der Waals surface area contributed by atoms with Gasteiger partial charge in [-0.25, -0.2) is 8.78 Å². The zero-order valence-corrected chi connectivity index (χ0v) is 12.3. The van der Waals surface area contributed by atoms with Gasteiger partial charge in [0.25, 0.3) is 0 Å². The molecule has 0 aromatic heterocycles. The SMILES string of the molecule is CCOc1ccc(C)cc1C(O)c1cc(C)c(F)cc1F. The summed E-state index contributed by atoms with van der Waals surface area (Å²) in [5, 5.41) is 10.5. The first kappa shape index (κ1) is 15.4. The third-order valence-electron chi connectivity index (χ3n) is 3.33. The highest BCUT2D eigenvalue weighted by Crippen LogP contribution is 2.33. The van der Waals surface area contributed by atoms with Crippen molar-refractivity contribution >= 4 is 0 Å². The Balaban J connectivity index is 2.51. The summed E-state index contributed by atoms with van der Waals surface area (Å²) in [7, 11) is 0. The van der Waals surface area contributed by atoms with Gasteiger partial charge in [-0.3, -0.25) is 0 Å². The smallest absolute Gasteiger partial charge is 0.132 e. The lowest BCUT2D eigenvalue weighted by atomic mass is 9.97. The lowest BCUT2D eigenvalue weighted by molar-refractivity contribution is 0.206. The topological polar surface area (TPSA) is 29.5 Å². The maximum absolute atomic E-state index is 13.9. The number of aryl methyl sites for hydroxylation is 2. The summed E-state index contributed by atoms with van der Waals surface area (Å²) < 4.78 is 32.8. The largest absolute Gasteiger partial charge is 0.493 e. The minimum absolute atomic E-state index is 0.0421. The average molecular weight is 292 g/mol. The summed E-state index contributed by atoms with van der Waals surface area (Å²) >= 11 is 0. The molecule has 112 valence electrons. The lowest BCUT2D eigenvalue weighted by Gasteiger charge is -2.18. The van der Waals surface area contributed by atoms with Gasteiger partial charge in [-0.2, -0.15) is 0 Å². The molecule has 1 unspecified atom stereocenters. The number of rotatable bonds is 4. The Labute approximate surface area is 123 Å². The molecule has 4 heteroatoms. The second-order valence-corrected chi connectivity index (χ2v) is 5.00. The van der Waals surface area contributed by atoms with Crippen molar-refractivity contribution in [3.05, 3.63) is 64.2 Å². The number of hydrogen-bond donors (Lipinski definition) is 1. The van der Waals surface area contributed by atoms with Crippen LogP contribution in [0.1, 0.15) is 35.3 Å². The fourth-order valence-corrected chi connectivity index (χ4v) is 2.23. The quantitative estimate of drug-likeness (QED) is 0.920. The third-order valence-corrected chi connectivity index (χ3v) is 3.33. The molecule has 2 aromatic carbocycles. The van der Waals surface area contributed by atoms with E-state index in [9.17, 15) is 13.9 Å². The summed E-state index contributed by atoms with van der Waals surface area (Å²) in [6, 6.07) is 7.46. The summed E-state index contributed by atoms with van der Waals surface area (Å²) in [6.45, 7) is 5.68. The predicted octanol–water partition coefficient (Wildman–Crippen LogP) is 4.06. The molecule has 0 saturated heterocycles. The molecule has 2 rings (SSSR count). The predicted molar refractivity (Wildman–Crippen MR) is 77.5 cm³/mol. The number of aliphatic hydroxyl groups is 1. The average Bonchev–Trinajstić information content (AvgIpc) is 2.44. The van der Waals surface area contributed by atoms with Crippen LogP contribution in [0, 0.1) is 25.5 Å². The van der Waals surface area contributed by atoms with Crippen molar-refractivity contribution in [2.24, 2.45) is 0 Å². The van der Waals surface area contributed by atoms with Gasteiger partial charge in [-0.15, -0.1) is 0 Å². The number of benzene rings is 2. The minimum atomic E-state index is -1.20. The molecule has 0 heterocycles. The molecule has 2 aromatic rings. The van der Waals surface area contributed by atoms with Crippen LogP contribution in [0.4, 0.5) is 8.78 Å². The van der Waals surface area contributed by atoms with Crippen molar-refractivity contribution in [1.29, 1.82) is 0 Å². The molecule has 0 aliphatic rings. The maximum Gasteiger partial charge on any atom is 0.132 e. The van der Waals surface area contributed by atoms with Crippen LogP contribution >= 0.6 is 0 Å². The number of hydrogen-bond acceptors (Lipinski definition) is 2. The van der Waals surface area contributed by atoms with E-state index in [0.717, 1.165) is 11.6 Å². The van der Waals surface area contributed by atoms with Crippen LogP contribution in [0.5, 0.6) is 5.75 Å². The van der Waals surface area contributed by atoms with Gasteiger partial charge in [-0.05, 0) is 44.5 Å². The molecule has 2 nitrogen and oxygen atoms in total. The Kier molecular flexibility index (Phi) is 4.58. The van der Waals surface area contributed by atoms with Gasteiger partial charge in [0.2, 0.25) is 0 Å². The van der Waals surface area contributed by atoms with E-state index in [1.165, 1.54) is 13.0 Å². The Morgan fingerprint density at radius 3 is 2.43 bits per heavy atom. The van der Waals surface area contributed by atoms with Crippen LogP contribution in [-0.2, 0) is 0 Å². The van der Waals surface area contributed by atoms with Crippen molar-refractivity contribution in [2.75, 3.05) is 6.61 Å². The van der Waals surface area contributed by atoms with Crippen molar-refractivity contribution < 1.29 is 18.6 Å². The first-order valence-electron chi connectivity index (χ1n) is 6.81. The van der Waals surface area contributed by atoms with Crippen molar-refractivity contribution in [3.8, 4) is 5.75 Å². The van der Waals surface area contributed by atoms with Gasteiger partial charge in [0.15, 0.2) is 0 Å². The summed E-state index contributed by atoms with van der Waals surface area (Å²) in [4.78, 5) is 0. The molecule has 0 aliphatic heterocycles. The molecule has 0 spiro atoms. The highest BCUT2D eigenvalue weighted by atomic mass is 19.1. The number of ether oxygens (including phenoxy) is 1. The van der Waals surface area contributed by atoms with E-state index < -0.39 is 17.7 Å². The second-order valence-electron chi connectivity index (χ2n) is 5.00. The molecule has 0 amide bonds. The summed E-state index contributed by atoms with van der Waals surface area (Å²) in [5.41, 5.74) is 1.73. The highest BCUT2D eigenvalue weighted by molar-refractivity contribution is 5.43. The van der Waals surface area contributed by atoms with Crippen LogP contribution in [0.25, 0.3) is 0 Å². The fourth-order valence-electron chi connectivity index (χ4n) is 2.23. The summed E-state index contributed by atoms with van der Waals surface area (Å²) in [5.74, 6) is -0.899. The number of halogens is 2. The van der Waals surface area contributed by atoms with Crippen LogP contribution < -0.4 is 4.74 Å². The van der Waals surface area contributed by atoms with Crippen molar-refractivity contribution in [2.45, 2.75) is 26.9 Å². The molecular formula is C17H18F2O2. The van der Waals surface area contributed by atoms with Gasteiger partial charge >= 0.3 is 0 Å². The number of aliphatic hydroxyl groups excluding tert-OH is 1. The Bertz CT molecular complexity index is 653. The zero-order valence-electron chi connectivity index (χ0n) is 12.3. The van der Waals surface area contributed by atoms with Crippen LogP contribution in [-0.4, -0.2) is 11.7 Å². The van der Waals surface area contributed by atoms with E-state index >= 15 is 0 Å². The maximum atomic E-state index is 13.9. The lowest BCUT2D eigenvalue weighted by Crippen LogP contribution is -2.07. The van der Waals surface area contributed by atoms with E-state index in [-0.39, 0.29) is 11.1 Å². The van der Waals surface area contributed by atoms with Gasteiger partial charge in [-0.1, -0.05) is 11.6 Å². The van der Waals surface area contributed by atoms with E-state index in [0.29, 0.717) is 17.9 Å². The first-order chi connectivity index (χ1) is 9.93. The molecule has 0 radical (unpaired) electrons. The normalized spacial score (nSPS) is 12.3. The van der Waals surface area contributed by atoms with E-state index in [4.69, 9.17) is 4.74 Å². The van der Waals surface area contributed by atoms with Gasteiger partial charge in [0.05, 0.1) is 6.61 Å². The molecule has 0 bridgehead atoms. The highest BCUT2D eigenvalue weighted by Gasteiger charge is 2.20. The molecule has 1 N–H and O–H groups in total. The zero-order chi connectivity index (χ0) is 15.6. The minimum Gasteiger partial charge on any atom is -0.493 e. The molecule has 0 aliphatic carbocycles. The Morgan fingerprint density at radius 2 is 1.76 bits per heavy atom. The van der Waals surface area contributed by atoms with Crippen molar-refractivity contribution in [3.63, 3.8) is 0 Å². The van der Waals surface area contributed by atoms with Crippen LogP contribution in [0.15, 0.2) is 30.3 Å². The molecule has 0 fully saturated rings. The van der Waals surface area contributed by atoms with Gasteiger partial charge < -0.3 is 9.84 Å². The molecule has 1 atom stereocenters. The monoisotopic (exact) mass is 292 g/mol. The van der Waals surface area contributed by atoms with Gasteiger partial charge in [0, 0.05) is 17.2 Å². The van der Waals surface area contributed by atoms with Crippen LogP contribution in [0.2, 0.25) is 0 Å². The first-order valence-corrected chi connectivity index (χ1v) is 6.81. The fraction of sp³-hybridized carbons (Fsp3) is 0.294. The van der Waals surface area contributed by atoms with Gasteiger partial charge in [0.1, 0.15) is 23.5 Å². The van der Waals surface area contributed by atoms with E-state index in [1.54, 1.807) is 12.1 Å². The third kappa shape index (κ3) is 3.22. The van der Waals surface area contributed by atoms with Crippen LogP contribution in [0.3, 0.4) is 0 Å². The Morgan fingerprint density at radius 1 is 1.05 bits per heavy atom. The molecular weight excluding hydrogens is 274 g/mol. The molecule has 0 saturated carbocycles.